The predicted molar refractivity (Wildman–Crippen MR) is 164 cm³/mol. The predicted octanol–water partition coefficient (Wildman–Crippen LogP) is 6.69. The molecule has 0 spiro atoms. The Bertz CT molecular complexity index is 1270. The normalized spacial score (nSPS) is 12.8. The van der Waals surface area contributed by atoms with E-state index in [1.54, 1.807) is 12.0 Å². The molecule has 0 bridgehead atoms. The molecule has 0 aliphatic carbocycles. The van der Waals surface area contributed by atoms with Crippen LogP contribution in [0.5, 0.6) is 11.5 Å². The van der Waals surface area contributed by atoms with Crippen molar-refractivity contribution in [1.29, 1.82) is 0 Å². The molecule has 0 aliphatic heterocycles. The summed E-state index contributed by atoms with van der Waals surface area (Å²) in [5.74, 6) is 0.791. The van der Waals surface area contributed by atoms with Crippen molar-refractivity contribution in [3.63, 3.8) is 0 Å². The topological polar surface area (TPSA) is 67.9 Å². The second-order valence-corrected chi connectivity index (χ2v) is 11.9. The Morgan fingerprint density at radius 2 is 1.68 bits per heavy atom. The molecule has 0 heterocycles. The summed E-state index contributed by atoms with van der Waals surface area (Å²) in [5, 5.41) is 3.09. The summed E-state index contributed by atoms with van der Waals surface area (Å²) >= 11 is 3.60. The first-order valence-corrected chi connectivity index (χ1v) is 14.5. The number of ether oxygens (including phenoxy) is 2. The van der Waals surface area contributed by atoms with E-state index >= 15 is 0 Å². The van der Waals surface area contributed by atoms with Gasteiger partial charge in [0.1, 0.15) is 17.5 Å². The number of halogens is 1. The van der Waals surface area contributed by atoms with E-state index in [0.717, 1.165) is 27.6 Å². The SMILES string of the molecule is CC[C@@H](C)NC(=O)[C@H](Cc1ccccc1)N(Cc1cccc(OC)c1)C(=O)COc1ccc(C(C)(C)C)cc1Br. The average molecular weight is 610 g/mol. The maximum Gasteiger partial charge on any atom is 0.261 e. The molecule has 1 N–H and O–H groups in total. The van der Waals surface area contributed by atoms with Crippen molar-refractivity contribution in [2.75, 3.05) is 13.7 Å². The molecule has 40 heavy (non-hydrogen) atoms. The van der Waals surface area contributed by atoms with Crippen LogP contribution in [0.3, 0.4) is 0 Å². The lowest BCUT2D eigenvalue weighted by atomic mass is 9.87. The first-order valence-electron chi connectivity index (χ1n) is 13.7. The molecule has 6 nitrogen and oxygen atoms in total. The Kier molecular flexibility index (Phi) is 11.2. The van der Waals surface area contributed by atoms with Gasteiger partial charge in [-0.1, -0.05) is 76.2 Å². The molecule has 0 aliphatic rings. The van der Waals surface area contributed by atoms with Gasteiger partial charge in [0.15, 0.2) is 6.61 Å². The third kappa shape index (κ3) is 8.85. The van der Waals surface area contributed by atoms with Gasteiger partial charge in [0.05, 0.1) is 11.6 Å². The average Bonchev–Trinajstić information content (AvgIpc) is 2.94. The zero-order valence-corrected chi connectivity index (χ0v) is 26.0. The highest BCUT2D eigenvalue weighted by molar-refractivity contribution is 9.10. The number of hydrogen-bond donors (Lipinski definition) is 1. The van der Waals surface area contributed by atoms with Gasteiger partial charge in [-0.15, -0.1) is 0 Å². The molecule has 2 amide bonds. The molecule has 0 unspecified atom stereocenters. The maximum absolute atomic E-state index is 13.9. The summed E-state index contributed by atoms with van der Waals surface area (Å²) < 4.78 is 12.2. The quantitative estimate of drug-likeness (QED) is 0.249. The van der Waals surface area contributed by atoms with E-state index in [4.69, 9.17) is 9.47 Å². The van der Waals surface area contributed by atoms with E-state index in [1.165, 1.54) is 0 Å². The zero-order valence-electron chi connectivity index (χ0n) is 24.4. The number of rotatable bonds is 12. The van der Waals surface area contributed by atoms with E-state index in [2.05, 4.69) is 42.0 Å². The molecule has 2 atom stereocenters. The van der Waals surface area contributed by atoms with Crippen LogP contribution in [0.15, 0.2) is 77.3 Å². The van der Waals surface area contributed by atoms with Gasteiger partial charge in [-0.2, -0.15) is 0 Å². The number of nitrogens with one attached hydrogen (secondary N) is 1. The lowest BCUT2D eigenvalue weighted by Gasteiger charge is -2.32. The number of methoxy groups -OCH3 is 1. The molecular weight excluding hydrogens is 568 g/mol. The highest BCUT2D eigenvalue weighted by Crippen LogP contribution is 2.31. The van der Waals surface area contributed by atoms with Crippen molar-refractivity contribution in [3.05, 3.63) is 94.0 Å². The number of benzene rings is 3. The van der Waals surface area contributed by atoms with Crippen LogP contribution in [0, 0.1) is 0 Å². The second kappa shape index (κ2) is 14.4. The van der Waals surface area contributed by atoms with Gasteiger partial charge in [-0.3, -0.25) is 9.59 Å². The zero-order chi connectivity index (χ0) is 29.3. The highest BCUT2D eigenvalue weighted by atomic mass is 79.9. The molecule has 214 valence electrons. The largest absolute Gasteiger partial charge is 0.497 e. The Morgan fingerprint density at radius 1 is 0.975 bits per heavy atom. The van der Waals surface area contributed by atoms with Crippen LogP contribution >= 0.6 is 15.9 Å². The van der Waals surface area contributed by atoms with E-state index in [-0.39, 0.29) is 36.4 Å². The summed E-state index contributed by atoms with van der Waals surface area (Å²) in [4.78, 5) is 29.2. The Morgan fingerprint density at radius 3 is 2.30 bits per heavy atom. The van der Waals surface area contributed by atoms with Crippen LogP contribution < -0.4 is 14.8 Å². The fourth-order valence-corrected chi connectivity index (χ4v) is 4.76. The van der Waals surface area contributed by atoms with Crippen LogP contribution in [0.2, 0.25) is 0 Å². The van der Waals surface area contributed by atoms with E-state index in [1.807, 2.05) is 86.6 Å². The molecule has 3 aromatic carbocycles. The fourth-order valence-electron chi connectivity index (χ4n) is 4.27. The fraction of sp³-hybridized carbons (Fsp3) is 0.394. The van der Waals surface area contributed by atoms with Gasteiger partial charge in [0.25, 0.3) is 5.91 Å². The maximum atomic E-state index is 13.9. The van der Waals surface area contributed by atoms with Gasteiger partial charge >= 0.3 is 0 Å². The second-order valence-electron chi connectivity index (χ2n) is 11.1. The molecular formula is C33H41BrN2O4. The minimum absolute atomic E-state index is 0.0158. The number of carbonyl (C=O) groups excluding carboxylic acids is 2. The van der Waals surface area contributed by atoms with Crippen molar-refractivity contribution >= 4 is 27.7 Å². The number of carbonyl (C=O) groups is 2. The summed E-state index contributed by atoms with van der Waals surface area (Å²) in [6, 6.07) is 22.5. The van der Waals surface area contributed by atoms with Crippen molar-refractivity contribution in [1.82, 2.24) is 10.2 Å². The minimum Gasteiger partial charge on any atom is -0.497 e. The number of hydrogen-bond acceptors (Lipinski definition) is 4. The third-order valence-corrected chi connectivity index (χ3v) is 7.53. The van der Waals surface area contributed by atoms with Gasteiger partial charge in [-0.25, -0.2) is 0 Å². The van der Waals surface area contributed by atoms with Gasteiger partial charge in [-0.05, 0) is 75.6 Å². The molecule has 0 aromatic heterocycles. The molecule has 3 rings (SSSR count). The van der Waals surface area contributed by atoms with Crippen molar-refractivity contribution in [3.8, 4) is 11.5 Å². The summed E-state index contributed by atoms with van der Waals surface area (Å²) in [6.07, 6.45) is 1.16. The third-order valence-electron chi connectivity index (χ3n) is 6.91. The Balaban J connectivity index is 1.93. The van der Waals surface area contributed by atoms with E-state index in [0.29, 0.717) is 17.9 Å². The Labute approximate surface area is 247 Å². The lowest BCUT2D eigenvalue weighted by molar-refractivity contribution is -0.143. The summed E-state index contributed by atoms with van der Waals surface area (Å²) in [5.41, 5.74) is 2.97. The number of amides is 2. The van der Waals surface area contributed by atoms with Crippen LogP contribution in [-0.2, 0) is 28.0 Å². The van der Waals surface area contributed by atoms with Gasteiger partial charge in [0, 0.05) is 19.0 Å². The molecule has 0 radical (unpaired) electrons. The van der Waals surface area contributed by atoms with Crippen molar-refractivity contribution in [2.24, 2.45) is 0 Å². The highest BCUT2D eigenvalue weighted by Gasteiger charge is 2.31. The van der Waals surface area contributed by atoms with Crippen molar-refractivity contribution in [2.45, 2.75) is 71.5 Å². The van der Waals surface area contributed by atoms with Gasteiger partial charge in [0.2, 0.25) is 5.91 Å². The first kappa shape index (κ1) is 31.2. The van der Waals surface area contributed by atoms with Crippen molar-refractivity contribution < 1.29 is 19.1 Å². The van der Waals surface area contributed by atoms with Gasteiger partial charge < -0.3 is 19.7 Å². The number of nitrogens with zero attached hydrogens (tertiary/aromatic N) is 1. The van der Waals surface area contributed by atoms with Crippen LogP contribution in [-0.4, -0.2) is 42.5 Å². The lowest BCUT2D eigenvalue weighted by Crippen LogP contribution is -2.53. The molecule has 0 fully saturated rings. The van der Waals surface area contributed by atoms with Crippen LogP contribution in [0.4, 0.5) is 0 Å². The molecule has 3 aromatic rings. The van der Waals surface area contributed by atoms with E-state index < -0.39 is 6.04 Å². The summed E-state index contributed by atoms with van der Waals surface area (Å²) in [7, 11) is 1.61. The minimum atomic E-state index is -0.731. The van der Waals surface area contributed by atoms with Crippen LogP contribution in [0.1, 0.15) is 57.7 Å². The summed E-state index contributed by atoms with van der Waals surface area (Å²) in [6.45, 7) is 10.4. The molecule has 7 heteroatoms. The van der Waals surface area contributed by atoms with Crippen LogP contribution in [0.25, 0.3) is 0 Å². The van der Waals surface area contributed by atoms with E-state index in [9.17, 15) is 9.59 Å². The molecule has 0 saturated carbocycles. The first-order chi connectivity index (χ1) is 19.0. The standard InChI is InChI=1S/C33H41BrN2O4/c1-7-23(2)35-32(38)29(19-24-12-9-8-10-13-24)36(21-25-14-11-15-27(18-25)39-6)31(37)22-40-30-17-16-26(20-28(30)34)33(3,4)5/h8-18,20,23,29H,7,19,21-22H2,1-6H3,(H,35,38)/t23-,29+/m1/s1. The smallest absolute Gasteiger partial charge is 0.261 e. The monoisotopic (exact) mass is 608 g/mol. The molecule has 0 saturated heterocycles. The Hall–Kier alpha value is -3.32.